The van der Waals surface area contributed by atoms with E-state index in [9.17, 15) is 4.79 Å². The molecule has 1 aliphatic rings. The van der Waals surface area contributed by atoms with Gasteiger partial charge in [0.25, 0.3) is 0 Å². The van der Waals surface area contributed by atoms with Crippen LogP contribution in [0.1, 0.15) is 44.2 Å². The molecule has 0 saturated carbocycles. The highest BCUT2D eigenvalue weighted by Crippen LogP contribution is 2.34. The number of hydrogen-bond acceptors (Lipinski definition) is 6. The molecule has 0 amide bonds. The summed E-state index contributed by atoms with van der Waals surface area (Å²) in [6.07, 6.45) is 0.626. The Balaban J connectivity index is 1.94. The molecule has 0 spiro atoms. The molecule has 1 heterocycles. The number of carbonyl (C=O) groups excluding carboxylic acids is 1. The lowest BCUT2D eigenvalue weighted by atomic mass is 9.96. The molecule has 0 radical (unpaired) electrons. The zero-order chi connectivity index (χ0) is 21.7. The van der Waals surface area contributed by atoms with Gasteiger partial charge in [-0.15, -0.1) is 0 Å². The van der Waals surface area contributed by atoms with Crippen LogP contribution in [-0.2, 0) is 14.3 Å². The SMILES string of the molecule is COC(=O)CC(C)c1ccc(N2C[C@@H](C)O[C@@H](C)C2)c(Nc2ccc(C#N)cc2)c1. The summed E-state index contributed by atoms with van der Waals surface area (Å²) in [5.74, 6) is -0.181. The largest absolute Gasteiger partial charge is 0.469 e. The maximum atomic E-state index is 11.7. The van der Waals surface area contributed by atoms with Gasteiger partial charge in [-0.05, 0) is 61.7 Å². The topological polar surface area (TPSA) is 74.6 Å². The first-order chi connectivity index (χ1) is 14.4. The third kappa shape index (κ3) is 5.31. The van der Waals surface area contributed by atoms with Gasteiger partial charge in [-0.3, -0.25) is 4.79 Å². The second-order valence-electron chi connectivity index (χ2n) is 7.93. The molecule has 1 aliphatic heterocycles. The molecule has 1 fully saturated rings. The molecule has 0 aliphatic carbocycles. The van der Waals surface area contributed by atoms with Crippen LogP contribution in [0.2, 0.25) is 0 Å². The molecule has 2 aromatic carbocycles. The van der Waals surface area contributed by atoms with Crippen molar-refractivity contribution in [3.8, 4) is 6.07 Å². The van der Waals surface area contributed by atoms with Crippen molar-refractivity contribution in [2.75, 3.05) is 30.4 Å². The van der Waals surface area contributed by atoms with Crippen LogP contribution in [0.3, 0.4) is 0 Å². The smallest absolute Gasteiger partial charge is 0.306 e. The van der Waals surface area contributed by atoms with Gasteiger partial charge in [-0.1, -0.05) is 13.0 Å². The fraction of sp³-hybridized carbons (Fsp3) is 0.417. The third-order valence-electron chi connectivity index (χ3n) is 5.34. The first-order valence-electron chi connectivity index (χ1n) is 10.3. The number of nitriles is 1. The lowest BCUT2D eigenvalue weighted by molar-refractivity contribution is -0.140. The highest BCUT2D eigenvalue weighted by molar-refractivity contribution is 5.77. The number of benzene rings is 2. The van der Waals surface area contributed by atoms with Crippen molar-refractivity contribution < 1.29 is 14.3 Å². The molecule has 1 saturated heterocycles. The third-order valence-corrected chi connectivity index (χ3v) is 5.34. The van der Waals surface area contributed by atoms with E-state index in [1.54, 1.807) is 12.1 Å². The molecule has 1 unspecified atom stereocenters. The van der Waals surface area contributed by atoms with Crippen molar-refractivity contribution >= 4 is 23.0 Å². The minimum absolute atomic E-state index is 0.0375. The average molecular weight is 408 g/mol. The highest BCUT2D eigenvalue weighted by Gasteiger charge is 2.25. The summed E-state index contributed by atoms with van der Waals surface area (Å²) in [6.45, 7) is 7.82. The van der Waals surface area contributed by atoms with Crippen molar-refractivity contribution in [3.05, 3.63) is 53.6 Å². The van der Waals surface area contributed by atoms with E-state index in [1.807, 2.05) is 19.1 Å². The van der Waals surface area contributed by atoms with Crippen LogP contribution in [0.25, 0.3) is 0 Å². The molecule has 3 rings (SSSR count). The Kier molecular flexibility index (Phi) is 6.96. The number of carbonyl (C=O) groups is 1. The van der Waals surface area contributed by atoms with E-state index in [2.05, 4.69) is 48.3 Å². The summed E-state index contributed by atoms with van der Waals surface area (Å²) in [5, 5.41) is 12.6. The predicted octanol–water partition coefficient (Wildman–Crippen LogP) is 4.58. The van der Waals surface area contributed by atoms with E-state index in [0.29, 0.717) is 12.0 Å². The van der Waals surface area contributed by atoms with Gasteiger partial charge in [0.15, 0.2) is 0 Å². The molecule has 0 aromatic heterocycles. The second kappa shape index (κ2) is 9.64. The summed E-state index contributed by atoms with van der Waals surface area (Å²) in [6, 6.07) is 15.8. The van der Waals surface area contributed by atoms with Crippen LogP contribution in [0.15, 0.2) is 42.5 Å². The van der Waals surface area contributed by atoms with E-state index in [1.165, 1.54) is 7.11 Å². The minimum Gasteiger partial charge on any atom is -0.469 e. The normalized spacial score (nSPS) is 19.6. The van der Waals surface area contributed by atoms with Crippen LogP contribution < -0.4 is 10.2 Å². The van der Waals surface area contributed by atoms with Crippen LogP contribution in [0.5, 0.6) is 0 Å². The number of rotatable bonds is 6. The summed E-state index contributed by atoms with van der Waals surface area (Å²) in [4.78, 5) is 14.1. The zero-order valence-corrected chi connectivity index (χ0v) is 18.0. The van der Waals surface area contributed by atoms with Gasteiger partial charge in [0, 0.05) is 18.8 Å². The van der Waals surface area contributed by atoms with Gasteiger partial charge in [-0.2, -0.15) is 5.26 Å². The first kappa shape index (κ1) is 21.7. The van der Waals surface area contributed by atoms with Crippen molar-refractivity contribution in [1.29, 1.82) is 5.26 Å². The molecule has 3 atom stereocenters. The van der Waals surface area contributed by atoms with Crippen LogP contribution in [-0.4, -0.2) is 38.4 Å². The number of nitrogens with one attached hydrogen (secondary N) is 1. The summed E-state index contributed by atoms with van der Waals surface area (Å²) in [5.41, 5.74) is 4.65. The fourth-order valence-corrected chi connectivity index (χ4v) is 3.85. The number of ether oxygens (including phenoxy) is 2. The summed E-state index contributed by atoms with van der Waals surface area (Å²) in [7, 11) is 1.41. The second-order valence-corrected chi connectivity index (χ2v) is 7.93. The molecule has 2 aromatic rings. The lowest BCUT2D eigenvalue weighted by Gasteiger charge is -2.38. The Labute approximate surface area is 178 Å². The van der Waals surface area contributed by atoms with Crippen molar-refractivity contribution in [1.82, 2.24) is 0 Å². The Hall–Kier alpha value is -3.04. The van der Waals surface area contributed by atoms with E-state index >= 15 is 0 Å². The molecule has 1 N–H and O–H groups in total. The molecule has 158 valence electrons. The number of nitrogens with zero attached hydrogens (tertiary/aromatic N) is 2. The minimum atomic E-state index is -0.219. The van der Waals surface area contributed by atoms with Gasteiger partial charge in [0.1, 0.15) is 0 Å². The predicted molar refractivity (Wildman–Crippen MR) is 118 cm³/mol. The van der Waals surface area contributed by atoms with Crippen molar-refractivity contribution in [2.24, 2.45) is 0 Å². The molecule has 6 heteroatoms. The Morgan fingerprint density at radius 2 is 1.90 bits per heavy atom. The molecular formula is C24H29N3O3. The van der Waals surface area contributed by atoms with Crippen LogP contribution in [0, 0.1) is 11.3 Å². The van der Waals surface area contributed by atoms with E-state index in [0.717, 1.165) is 35.7 Å². The maximum absolute atomic E-state index is 11.7. The van der Waals surface area contributed by atoms with Gasteiger partial charge in [-0.25, -0.2) is 0 Å². The maximum Gasteiger partial charge on any atom is 0.306 e. The molecular weight excluding hydrogens is 378 g/mol. The summed E-state index contributed by atoms with van der Waals surface area (Å²) < 4.78 is 10.7. The quantitative estimate of drug-likeness (QED) is 0.707. The number of morpholine rings is 1. The first-order valence-corrected chi connectivity index (χ1v) is 10.3. The van der Waals surface area contributed by atoms with E-state index in [4.69, 9.17) is 14.7 Å². The van der Waals surface area contributed by atoms with Crippen molar-refractivity contribution in [3.63, 3.8) is 0 Å². The number of methoxy groups -OCH3 is 1. The monoisotopic (exact) mass is 407 g/mol. The Morgan fingerprint density at radius 3 is 2.50 bits per heavy atom. The van der Waals surface area contributed by atoms with Crippen LogP contribution >= 0.6 is 0 Å². The van der Waals surface area contributed by atoms with Crippen molar-refractivity contribution in [2.45, 2.75) is 45.3 Å². The standard InChI is InChI=1S/C24H29N3O3/c1-16(11-24(28)29-4)20-7-10-23(27-14-17(2)30-18(3)15-27)22(12-20)26-21-8-5-19(13-25)6-9-21/h5-10,12,16-18,26H,11,14-15H2,1-4H3/t16?,17-,18+. The number of hydrogen-bond donors (Lipinski definition) is 1. The fourth-order valence-electron chi connectivity index (χ4n) is 3.85. The highest BCUT2D eigenvalue weighted by atomic mass is 16.5. The Morgan fingerprint density at radius 1 is 1.23 bits per heavy atom. The average Bonchev–Trinajstić information content (AvgIpc) is 2.73. The molecule has 6 nitrogen and oxygen atoms in total. The van der Waals surface area contributed by atoms with E-state index < -0.39 is 0 Å². The lowest BCUT2D eigenvalue weighted by Crippen LogP contribution is -2.45. The zero-order valence-electron chi connectivity index (χ0n) is 18.0. The van der Waals surface area contributed by atoms with Gasteiger partial charge >= 0.3 is 5.97 Å². The van der Waals surface area contributed by atoms with Crippen LogP contribution in [0.4, 0.5) is 17.1 Å². The van der Waals surface area contributed by atoms with Gasteiger partial charge in [0.2, 0.25) is 0 Å². The van der Waals surface area contributed by atoms with E-state index in [-0.39, 0.29) is 24.1 Å². The molecule has 30 heavy (non-hydrogen) atoms. The number of anilines is 3. The number of esters is 1. The van der Waals surface area contributed by atoms with Gasteiger partial charge in [0.05, 0.1) is 48.7 Å². The Bertz CT molecular complexity index is 910. The van der Waals surface area contributed by atoms with Gasteiger partial charge < -0.3 is 19.7 Å². The molecule has 0 bridgehead atoms. The summed E-state index contributed by atoms with van der Waals surface area (Å²) >= 11 is 0.